The zero-order valence-electron chi connectivity index (χ0n) is 11.2. The van der Waals surface area contributed by atoms with Crippen LogP contribution >= 0.6 is 27.5 Å². The number of carbonyl (C=O) groups excluding carboxylic acids is 1. The van der Waals surface area contributed by atoms with Crippen molar-refractivity contribution < 1.29 is 4.79 Å². The molecule has 5 heteroatoms. The van der Waals surface area contributed by atoms with Crippen LogP contribution in [0.5, 0.6) is 0 Å². The Morgan fingerprint density at radius 3 is 2.75 bits per heavy atom. The molecule has 0 saturated heterocycles. The number of hydrogen-bond donors (Lipinski definition) is 0. The van der Waals surface area contributed by atoms with Crippen LogP contribution in [0.1, 0.15) is 21.7 Å². The van der Waals surface area contributed by atoms with Gasteiger partial charge < -0.3 is 4.90 Å². The van der Waals surface area contributed by atoms with Gasteiger partial charge in [0.05, 0.1) is 12.2 Å². The summed E-state index contributed by atoms with van der Waals surface area (Å²) in [6.45, 7) is 2.39. The number of rotatable bonds is 3. The van der Waals surface area contributed by atoms with Crippen molar-refractivity contribution in [3.8, 4) is 0 Å². The normalized spacial score (nSPS) is 10.4. The lowest BCUT2D eigenvalue weighted by Crippen LogP contribution is -2.26. The third-order valence-electron chi connectivity index (χ3n) is 2.80. The molecule has 0 atom stereocenters. The predicted molar refractivity (Wildman–Crippen MR) is 83.9 cm³/mol. The molecule has 0 fully saturated rings. The van der Waals surface area contributed by atoms with Gasteiger partial charge in [-0.25, -0.2) is 0 Å². The summed E-state index contributed by atoms with van der Waals surface area (Å²) in [7, 11) is 1.75. The summed E-state index contributed by atoms with van der Waals surface area (Å²) >= 11 is 9.31. The van der Waals surface area contributed by atoms with Gasteiger partial charge in [-0.1, -0.05) is 33.6 Å². The lowest BCUT2D eigenvalue weighted by Gasteiger charge is -2.17. The van der Waals surface area contributed by atoms with E-state index < -0.39 is 0 Å². The van der Waals surface area contributed by atoms with Gasteiger partial charge in [-0.3, -0.25) is 9.78 Å². The number of carbonyl (C=O) groups is 1. The van der Waals surface area contributed by atoms with Crippen LogP contribution in [-0.4, -0.2) is 22.8 Å². The largest absolute Gasteiger partial charge is 0.336 e. The van der Waals surface area contributed by atoms with Gasteiger partial charge in [-0.2, -0.15) is 0 Å². The summed E-state index contributed by atoms with van der Waals surface area (Å²) in [4.78, 5) is 18.4. The Bertz CT molecular complexity index is 625. The molecule has 0 aliphatic rings. The fraction of sp³-hybridized carbons (Fsp3) is 0.200. The average molecular weight is 354 g/mol. The SMILES string of the molecule is Cc1cccc(CN(C)C(=O)c2cc(Cl)cc(Br)c2)n1. The summed E-state index contributed by atoms with van der Waals surface area (Å²) in [6, 6.07) is 10.9. The number of amides is 1. The molecule has 1 heterocycles. The molecule has 0 unspecified atom stereocenters. The number of pyridine rings is 1. The molecule has 0 bridgehead atoms. The number of benzene rings is 1. The molecule has 104 valence electrons. The van der Waals surface area contributed by atoms with E-state index in [2.05, 4.69) is 20.9 Å². The zero-order valence-corrected chi connectivity index (χ0v) is 13.6. The van der Waals surface area contributed by atoms with E-state index in [0.717, 1.165) is 15.9 Å². The molecule has 0 radical (unpaired) electrons. The summed E-state index contributed by atoms with van der Waals surface area (Å²) in [5.41, 5.74) is 2.36. The lowest BCUT2D eigenvalue weighted by atomic mass is 10.2. The van der Waals surface area contributed by atoms with Gasteiger partial charge in [-0.15, -0.1) is 0 Å². The first-order chi connectivity index (χ1) is 9.45. The van der Waals surface area contributed by atoms with Crippen LogP contribution in [0, 0.1) is 6.92 Å². The van der Waals surface area contributed by atoms with Gasteiger partial charge in [0.15, 0.2) is 0 Å². The third kappa shape index (κ3) is 3.81. The highest BCUT2D eigenvalue weighted by Gasteiger charge is 2.14. The number of halogens is 2. The smallest absolute Gasteiger partial charge is 0.254 e. The van der Waals surface area contributed by atoms with Gasteiger partial charge in [0.2, 0.25) is 0 Å². The molecule has 0 aliphatic heterocycles. The quantitative estimate of drug-likeness (QED) is 0.833. The topological polar surface area (TPSA) is 33.2 Å². The van der Waals surface area contributed by atoms with Crippen molar-refractivity contribution in [2.45, 2.75) is 13.5 Å². The monoisotopic (exact) mass is 352 g/mol. The first-order valence-corrected chi connectivity index (χ1v) is 7.27. The molecule has 2 aromatic rings. The Morgan fingerprint density at radius 2 is 2.10 bits per heavy atom. The van der Waals surface area contributed by atoms with Crippen LogP contribution in [-0.2, 0) is 6.54 Å². The van der Waals surface area contributed by atoms with E-state index in [1.54, 1.807) is 30.1 Å². The van der Waals surface area contributed by atoms with Gasteiger partial charge in [0.1, 0.15) is 0 Å². The maximum absolute atomic E-state index is 12.4. The van der Waals surface area contributed by atoms with Gasteiger partial charge in [0.25, 0.3) is 5.91 Å². The Hall–Kier alpha value is -1.39. The summed E-state index contributed by atoms with van der Waals surface area (Å²) in [5, 5.41) is 0.532. The minimum absolute atomic E-state index is 0.0866. The predicted octanol–water partition coefficient (Wildman–Crippen LogP) is 4.08. The van der Waals surface area contributed by atoms with Crippen molar-refractivity contribution in [2.24, 2.45) is 0 Å². The second-order valence-electron chi connectivity index (χ2n) is 4.59. The van der Waals surface area contributed by atoms with Crippen molar-refractivity contribution in [1.82, 2.24) is 9.88 Å². The van der Waals surface area contributed by atoms with E-state index in [1.165, 1.54) is 0 Å². The van der Waals surface area contributed by atoms with E-state index >= 15 is 0 Å². The molecule has 3 nitrogen and oxygen atoms in total. The number of aryl methyl sites for hydroxylation is 1. The van der Waals surface area contributed by atoms with Gasteiger partial charge in [-0.05, 0) is 37.3 Å². The van der Waals surface area contributed by atoms with E-state index in [0.29, 0.717) is 17.1 Å². The average Bonchev–Trinajstić information content (AvgIpc) is 2.36. The standard InChI is InChI=1S/C15H14BrClN2O/c1-10-4-3-5-14(18-10)9-19(2)15(20)11-6-12(16)8-13(17)7-11/h3-8H,9H2,1-2H3. The molecule has 1 aromatic carbocycles. The fourth-order valence-electron chi connectivity index (χ4n) is 1.90. The summed E-state index contributed by atoms with van der Waals surface area (Å²) in [5.74, 6) is -0.0866. The van der Waals surface area contributed by atoms with Crippen molar-refractivity contribution in [3.05, 3.63) is 62.8 Å². The molecule has 2 rings (SSSR count). The van der Waals surface area contributed by atoms with E-state index in [4.69, 9.17) is 11.6 Å². The minimum atomic E-state index is -0.0866. The highest BCUT2D eigenvalue weighted by Crippen LogP contribution is 2.20. The molecule has 0 saturated carbocycles. The summed E-state index contributed by atoms with van der Waals surface area (Å²) < 4.78 is 0.787. The van der Waals surface area contributed by atoms with Gasteiger partial charge in [0, 0.05) is 27.8 Å². The fourth-order valence-corrected chi connectivity index (χ4v) is 2.76. The second-order valence-corrected chi connectivity index (χ2v) is 5.94. The van der Waals surface area contributed by atoms with E-state index in [1.807, 2.05) is 25.1 Å². The number of nitrogens with zero attached hydrogens (tertiary/aromatic N) is 2. The molecule has 20 heavy (non-hydrogen) atoms. The molecule has 0 aliphatic carbocycles. The Kier molecular flexibility index (Phi) is 4.78. The zero-order chi connectivity index (χ0) is 14.7. The lowest BCUT2D eigenvalue weighted by molar-refractivity contribution is 0.0783. The van der Waals surface area contributed by atoms with Crippen molar-refractivity contribution >= 4 is 33.4 Å². The highest BCUT2D eigenvalue weighted by molar-refractivity contribution is 9.10. The Morgan fingerprint density at radius 1 is 1.35 bits per heavy atom. The van der Waals surface area contributed by atoms with E-state index in [-0.39, 0.29) is 5.91 Å². The molecular weight excluding hydrogens is 340 g/mol. The van der Waals surface area contributed by atoms with Crippen LogP contribution in [0.3, 0.4) is 0 Å². The number of aromatic nitrogens is 1. The molecule has 1 aromatic heterocycles. The maximum atomic E-state index is 12.4. The highest BCUT2D eigenvalue weighted by atomic mass is 79.9. The Balaban J connectivity index is 2.16. The van der Waals surface area contributed by atoms with Crippen LogP contribution in [0.15, 0.2) is 40.9 Å². The van der Waals surface area contributed by atoms with Crippen molar-refractivity contribution in [2.75, 3.05) is 7.05 Å². The molecular formula is C15H14BrClN2O. The molecule has 0 N–H and O–H groups in total. The van der Waals surface area contributed by atoms with Gasteiger partial charge >= 0.3 is 0 Å². The second kappa shape index (κ2) is 6.37. The molecule has 1 amide bonds. The van der Waals surface area contributed by atoms with Crippen LogP contribution in [0.25, 0.3) is 0 Å². The van der Waals surface area contributed by atoms with Crippen LogP contribution in [0.2, 0.25) is 5.02 Å². The summed E-state index contributed by atoms with van der Waals surface area (Å²) in [6.07, 6.45) is 0. The van der Waals surface area contributed by atoms with E-state index in [9.17, 15) is 4.79 Å². The number of hydrogen-bond acceptors (Lipinski definition) is 2. The third-order valence-corrected chi connectivity index (χ3v) is 3.48. The van der Waals surface area contributed by atoms with Crippen molar-refractivity contribution in [1.29, 1.82) is 0 Å². The van der Waals surface area contributed by atoms with Crippen LogP contribution < -0.4 is 0 Å². The minimum Gasteiger partial charge on any atom is -0.336 e. The maximum Gasteiger partial charge on any atom is 0.254 e. The first-order valence-electron chi connectivity index (χ1n) is 6.10. The first kappa shape index (κ1) is 15.0. The Labute approximate surface area is 131 Å². The molecule has 0 spiro atoms. The van der Waals surface area contributed by atoms with Crippen LogP contribution in [0.4, 0.5) is 0 Å². The van der Waals surface area contributed by atoms with Crippen molar-refractivity contribution in [3.63, 3.8) is 0 Å².